The summed E-state index contributed by atoms with van der Waals surface area (Å²) < 4.78 is 16.1. The Labute approximate surface area is 147 Å². The van der Waals surface area contributed by atoms with E-state index < -0.39 is 18.1 Å². The second kappa shape index (κ2) is 7.87. The number of benzene rings is 1. The van der Waals surface area contributed by atoms with Crippen molar-refractivity contribution in [3.63, 3.8) is 0 Å². The Bertz CT molecular complexity index is 603. The first-order valence-electron chi connectivity index (χ1n) is 8.77. The van der Waals surface area contributed by atoms with Gasteiger partial charge in [0.05, 0.1) is 19.3 Å². The van der Waals surface area contributed by atoms with Crippen molar-refractivity contribution in [3.05, 3.63) is 35.9 Å². The van der Waals surface area contributed by atoms with Crippen LogP contribution in [-0.4, -0.2) is 37.4 Å². The van der Waals surface area contributed by atoms with E-state index in [1.54, 1.807) is 0 Å². The molecule has 136 valence electrons. The van der Waals surface area contributed by atoms with Crippen molar-refractivity contribution in [1.82, 2.24) is 5.32 Å². The van der Waals surface area contributed by atoms with Gasteiger partial charge in [0.25, 0.3) is 0 Å². The molecule has 0 radical (unpaired) electrons. The SMILES string of the molecule is COC(=O)NC(C(=O)OCc1ccccc1)C1CC2CC(C)C(C1)O2. The number of ether oxygens (including phenoxy) is 3. The zero-order valence-electron chi connectivity index (χ0n) is 14.6. The number of alkyl carbamates (subject to hydrolysis) is 1. The minimum Gasteiger partial charge on any atom is -0.459 e. The molecule has 6 heteroatoms. The Kier molecular flexibility index (Phi) is 5.58. The standard InChI is InChI=1S/C19H25NO5/c1-12-8-15-9-14(10-16(12)25-15)17(20-19(22)23-2)18(21)24-11-13-6-4-3-5-7-13/h3-7,12,14-17H,8-11H2,1-2H3,(H,20,22). The third kappa shape index (κ3) is 4.31. The van der Waals surface area contributed by atoms with E-state index in [1.807, 2.05) is 30.3 Å². The predicted octanol–water partition coefficient (Wildman–Crippen LogP) is 2.66. The molecule has 2 bridgehead atoms. The third-order valence-electron chi connectivity index (χ3n) is 5.15. The fourth-order valence-electron chi connectivity index (χ4n) is 3.82. The first kappa shape index (κ1) is 17.7. The number of methoxy groups -OCH3 is 1. The average molecular weight is 347 g/mol. The summed E-state index contributed by atoms with van der Waals surface area (Å²) in [5.41, 5.74) is 0.910. The molecule has 5 unspecified atom stereocenters. The zero-order chi connectivity index (χ0) is 17.8. The fraction of sp³-hybridized carbons (Fsp3) is 0.579. The Morgan fingerprint density at radius 1 is 1.24 bits per heavy atom. The van der Waals surface area contributed by atoms with Crippen molar-refractivity contribution in [2.75, 3.05) is 7.11 Å². The number of esters is 1. The summed E-state index contributed by atoms with van der Waals surface area (Å²) in [6.45, 7) is 2.36. The summed E-state index contributed by atoms with van der Waals surface area (Å²) in [4.78, 5) is 24.4. The van der Waals surface area contributed by atoms with Gasteiger partial charge in [-0.25, -0.2) is 9.59 Å². The van der Waals surface area contributed by atoms with E-state index in [-0.39, 0.29) is 24.7 Å². The van der Waals surface area contributed by atoms with Gasteiger partial charge in [-0.2, -0.15) is 0 Å². The summed E-state index contributed by atoms with van der Waals surface area (Å²) in [6.07, 6.45) is 2.18. The highest BCUT2D eigenvalue weighted by Gasteiger charge is 2.44. The van der Waals surface area contributed by atoms with Crippen LogP contribution in [-0.2, 0) is 25.6 Å². The number of hydrogen-bond acceptors (Lipinski definition) is 5. The van der Waals surface area contributed by atoms with Crippen LogP contribution in [0, 0.1) is 11.8 Å². The second-order valence-electron chi connectivity index (χ2n) is 6.95. The van der Waals surface area contributed by atoms with Crippen LogP contribution in [0.2, 0.25) is 0 Å². The van der Waals surface area contributed by atoms with Gasteiger partial charge in [-0.3, -0.25) is 0 Å². The lowest BCUT2D eigenvalue weighted by molar-refractivity contribution is -0.151. The number of carbonyl (C=O) groups excluding carboxylic acids is 2. The molecular formula is C19H25NO5. The monoisotopic (exact) mass is 347 g/mol. The molecule has 2 aliphatic heterocycles. The highest BCUT2D eigenvalue weighted by Crippen LogP contribution is 2.40. The molecule has 0 spiro atoms. The molecule has 0 aliphatic carbocycles. The summed E-state index contributed by atoms with van der Waals surface area (Å²) in [5, 5.41) is 2.66. The van der Waals surface area contributed by atoms with E-state index >= 15 is 0 Å². The van der Waals surface area contributed by atoms with Crippen molar-refractivity contribution < 1.29 is 23.8 Å². The normalized spacial score (nSPS) is 28.9. The molecule has 2 aliphatic rings. The molecule has 25 heavy (non-hydrogen) atoms. The number of nitrogens with one attached hydrogen (secondary N) is 1. The van der Waals surface area contributed by atoms with Crippen LogP contribution in [0.3, 0.4) is 0 Å². The first-order valence-corrected chi connectivity index (χ1v) is 8.77. The Hall–Kier alpha value is -2.08. The zero-order valence-corrected chi connectivity index (χ0v) is 14.6. The third-order valence-corrected chi connectivity index (χ3v) is 5.15. The van der Waals surface area contributed by atoms with Crippen LogP contribution in [0.1, 0.15) is 31.7 Å². The van der Waals surface area contributed by atoms with Crippen LogP contribution >= 0.6 is 0 Å². The summed E-state index contributed by atoms with van der Waals surface area (Å²) in [6, 6.07) is 8.77. The molecule has 5 atom stereocenters. The highest BCUT2D eigenvalue weighted by molar-refractivity contribution is 5.81. The maximum absolute atomic E-state index is 12.6. The van der Waals surface area contributed by atoms with Gasteiger partial charge in [0, 0.05) is 0 Å². The van der Waals surface area contributed by atoms with Gasteiger partial charge in [0.15, 0.2) is 0 Å². The van der Waals surface area contributed by atoms with Crippen LogP contribution in [0.5, 0.6) is 0 Å². The lowest BCUT2D eigenvalue weighted by Gasteiger charge is -2.33. The largest absolute Gasteiger partial charge is 0.459 e. The molecular weight excluding hydrogens is 322 g/mol. The minimum absolute atomic E-state index is 0.00364. The molecule has 2 heterocycles. The minimum atomic E-state index is -0.713. The lowest BCUT2D eigenvalue weighted by atomic mass is 9.87. The quantitative estimate of drug-likeness (QED) is 0.829. The van der Waals surface area contributed by atoms with Gasteiger partial charge >= 0.3 is 12.1 Å². The molecule has 1 aromatic rings. The van der Waals surface area contributed by atoms with E-state index in [1.165, 1.54) is 7.11 Å². The smallest absolute Gasteiger partial charge is 0.407 e. The molecule has 1 N–H and O–H groups in total. The lowest BCUT2D eigenvalue weighted by Crippen LogP contribution is -2.49. The van der Waals surface area contributed by atoms with Crippen LogP contribution in [0.4, 0.5) is 4.79 Å². The second-order valence-corrected chi connectivity index (χ2v) is 6.95. The average Bonchev–Trinajstić information content (AvgIpc) is 2.89. The van der Waals surface area contributed by atoms with Crippen molar-refractivity contribution in [2.45, 2.75) is 51.0 Å². The van der Waals surface area contributed by atoms with E-state index in [9.17, 15) is 9.59 Å². The topological polar surface area (TPSA) is 73.9 Å². The number of carbonyl (C=O) groups is 2. The van der Waals surface area contributed by atoms with Crippen molar-refractivity contribution in [2.24, 2.45) is 11.8 Å². The fourth-order valence-corrected chi connectivity index (χ4v) is 3.82. The van der Waals surface area contributed by atoms with Gasteiger partial charge in [0.2, 0.25) is 0 Å². The summed E-state index contributed by atoms with van der Waals surface area (Å²) >= 11 is 0. The number of amides is 1. The Morgan fingerprint density at radius 3 is 2.68 bits per heavy atom. The molecule has 1 amide bonds. The predicted molar refractivity (Wildman–Crippen MR) is 90.7 cm³/mol. The van der Waals surface area contributed by atoms with Crippen LogP contribution in [0.25, 0.3) is 0 Å². The van der Waals surface area contributed by atoms with Crippen LogP contribution in [0.15, 0.2) is 30.3 Å². The summed E-state index contributed by atoms with van der Waals surface area (Å²) in [7, 11) is 1.29. The molecule has 0 aromatic heterocycles. The van der Waals surface area contributed by atoms with Crippen molar-refractivity contribution >= 4 is 12.1 Å². The molecule has 2 saturated heterocycles. The first-order chi connectivity index (χ1) is 12.1. The van der Waals surface area contributed by atoms with Gasteiger partial charge in [-0.05, 0) is 36.7 Å². The van der Waals surface area contributed by atoms with Crippen molar-refractivity contribution in [1.29, 1.82) is 0 Å². The van der Waals surface area contributed by atoms with Crippen molar-refractivity contribution in [3.8, 4) is 0 Å². The molecule has 2 fully saturated rings. The summed E-state index contributed by atoms with van der Waals surface area (Å²) in [5.74, 6) is 0.0541. The number of rotatable bonds is 5. The van der Waals surface area contributed by atoms with Crippen LogP contribution < -0.4 is 5.32 Å². The maximum Gasteiger partial charge on any atom is 0.407 e. The highest BCUT2D eigenvalue weighted by atomic mass is 16.5. The Balaban J connectivity index is 1.66. The van der Waals surface area contributed by atoms with Gasteiger partial charge in [0.1, 0.15) is 12.6 Å². The van der Waals surface area contributed by atoms with Gasteiger partial charge < -0.3 is 19.5 Å². The molecule has 1 aromatic carbocycles. The molecule has 3 rings (SSSR count). The number of hydrogen-bond donors (Lipinski definition) is 1. The maximum atomic E-state index is 12.6. The van der Waals surface area contributed by atoms with E-state index in [4.69, 9.17) is 9.47 Å². The number of fused-ring (bicyclic) bond motifs is 2. The Morgan fingerprint density at radius 2 is 2.00 bits per heavy atom. The van der Waals surface area contributed by atoms with Gasteiger partial charge in [-0.15, -0.1) is 0 Å². The van der Waals surface area contributed by atoms with E-state index in [2.05, 4.69) is 17.0 Å². The molecule has 0 saturated carbocycles. The van der Waals surface area contributed by atoms with E-state index in [0.717, 1.165) is 24.8 Å². The van der Waals surface area contributed by atoms with E-state index in [0.29, 0.717) is 5.92 Å². The molecule has 6 nitrogen and oxygen atoms in total. The van der Waals surface area contributed by atoms with Gasteiger partial charge in [-0.1, -0.05) is 37.3 Å².